The van der Waals surface area contributed by atoms with Crippen molar-refractivity contribution in [3.05, 3.63) is 42.1 Å². The van der Waals surface area contributed by atoms with Gasteiger partial charge in [-0.2, -0.15) is 0 Å². The van der Waals surface area contributed by atoms with Crippen molar-refractivity contribution in [3.63, 3.8) is 0 Å². The summed E-state index contributed by atoms with van der Waals surface area (Å²) in [4.78, 5) is 14.6. The fraction of sp³-hybridized carbons (Fsp3) is 0.200. The lowest BCUT2D eigenvalue weighted by Gasteiger charge is -2.04. The van der Waals surface area contributed by atoms with E-state index in [-0.39, 0.29) is 0 Å². The molecule has 0 saturated heterocycles. The summed E-state index contributed by atoms with van der Waals surface area (Å²) >= 11 is 10.0. The molecule has 0 aliphatic heterocycles. The molecule has 0 atom stereocenters. The highest BCUT2D eigenvalue weighted by Gasteiger charge is 2.03. The Balaban J connectivity index is 2.61. The van der Waals surface area contributed by atoms with Gasteiger partial charge < -0.3 is 14.5 Å². The summed E-state index contributed by atoms with van der Waals surface area (Å²) in [6, 6.07) is 5.72. The number of aromatic nitrogens is 1. The van der Waals surface area contributed by atoms with Crippen molar-refractivity contribution in [1.29, 1.82) is 0 Å². The number of rotatable bonds is 4. The summed E-state index contributed by atoms with van der Waals surface area (Å²) in [7, 11) is 1.62. The van der Waals surface area contributed by atoms with Gasteiger partial charge in [0.2, 0.25) is 0 Å². The van der Waals surface area contributed by atoms with Crippen LogP contribution < -0.4 is 14.6 Å². The normalized spacial score (nSPS) is 12.5. The lowest BCUT2D eigenvalue weighted by Crippen LogP contribution is -2.23. The van der Waals surface area contributed by atoms with Crippen LogP contribution in [0.3, 0.4) is 0 Å². The van der Waals surface area contributed by atoms with Gasteiger partial charge in [0.25, 0.3) is 0 Å². The molecule has 4 nitrogen and oxygen atoms in total. The molecule has 2 rings (SSSR count). The van der Waals surface area contributed by atoms with Gasteiger partial charge in [-0.1, -0.05) is 15.9 Å². The second kappa shape index (κ2) is 7.71. The van der Waals surface area contributed by atoms with Crippen LogP contribution in [-0.2, 0) is 9.53 Å². The zero-order valence-corrected chi connectivity index (χ0v) is 15.2. The number of aromatic amines is 1. The standard InChI is InChI=1S/C15H14BrNO3S2/c1-3-20-14(18)8-11-13(22-15(21)17-11)7-9-6-10(16)4-5-12(9)19-2/h4-8H,3H2,1-2H3,(H,17,21)/b11-8-,13-7-. The molecule has 0 aliphatic carbocycles. The summed E-state index contributed by atoms with van der Waals surface area (Å²) in [6.45, 7) is 2.10. The third-order valence-corrected chi connectivity index (χ3v) is 4.42. The minimum absolute atomic E-state index is 0.332. The van der Waals surface area contributed by atoms with E-state index in [1.165, 1.54) is 17.4 Å². The Morgan fingerprint density at radius 1 is 1.50 bits per heavy atom. The first-order chi connectivity index (χ1) is 10.5. The van der Waals surface area contributed by atoms with Crippen LogP contribution in [0.4, 0.5) is 0 Å². The van der Waals surface area contributed by atoms with Crippen molar-refractivity contribution in [2.45, 2.75) is 6.92 Å². The Bertz CT molecular complexity index is 854. The van der Waals surface area contributed by atoms with Crippen molar-refractivity contribution in [3.8, 4) is 5.75 Å². The Morgan fingerprint density at radius 2 is 2.27 bits per heavy atom. The van der Waals surface area contributed by atoms with Crippen molar-refractivity contribution in [1.82, 2.24) is 4.98 Å². The quantitative estimate of drug-likeness (QED) is 0.634. The van der Waals surface area contributed by atoms with Gasteiger partial charge in [0.1, 0.15) is 5.75 Å². The number of carbonyl (C=O) groups is 1. The van der Waals surface area contributed by atoms with Gasteiger partial charge in [-0.3, -0.25) is 0 Å². The second-order valence-electron chi connectivity index (χ2n) is 4.22. The lowest BCUT2D eigenvalue weighted by molar-refractivity contribution is -0.135. The first kappa shape index (κ1) is 16.9. The molecule has 2 aromatic rings. The lowest BCUT2D eigenvalue weighted by atomic mass is 10.2. The number of carbonyl (C=O) groups excluding carboxylic acids is 1. The molecule has 0 bridgehead atoms. The highest BCUT2D eigenvalue weighted by Crippen LogP contribution is 2.23. The molecule has 22 heavy (non-hydrogen) atoms. The van der Waals surface area contributed by atoms with Crippen LogP contribution in [0.1, 0.15) is 12.5 Å². The molecule has 0 saturated carbocycles. The fourth-order valence-electron chi connectivity index (χ4n) is 1.83. The Labute approximate surface area is 145 Å². The van der Waals surface area contributed by atoms with Gasteiger partial charge in [0.15, 0.2) is 3.95 Å². The smallest absolute Gasteiger partial charge is 0.332 e. The Kier molecular flexibility index (Phi) is 5.93. The summed E-state index contributed by atoms with van der Waals surface area (Å²) in [5, 5.41) is 0.635. The van der Waals surface area contributed by atoms with Crippen molar-refractivity contribution in [2.24, 2.45) is 0 Å². The molecule has 0 spiro atoms. The van der Waals surface area contributed by atoms with E-state index in [0.717, 1.165) is 20.3 Å². The number of methoxy groups -OCH3 is 1. The van der Waals surface area contributed by atoms with Crippen LogP contribution in [0, 0.1) is 3.95 Å². The zero-order valence-electron chi connectivity index (χ0n) is 12.0. The number of nitrogens with one attached hydrogen (secondary N) is 1. The van der Waals surface area contributed by atoms with E-state index < -0.39 is 5.97 Å². The predicted molar refractivity (Wildman–Crippen MR) is 94.1 cm³/mol. The number of esters is 1. The molecule has 0 fully saturated rings. The van der Waals surface area contributed by atoms with Crippen LogP contribution in [-0.4, -0.2) is 24.7 Å². The van der Waals surface area contributed by atoms with Gasteiger partial charge in [0.05, 0.1) is 23.6 Å². The maximum Gasteiger partial charge on any atom is 0.332 e. The van der Waals surface area contributed by atoms with Crippen LogP contribution in [0.25, 0.3) is 12.2 Å². The fourth-order valence-corrected chi connectivity index (χ4v) is 3.35. The average molecular weight is 400 g/mol. The molecule has 1 aromatic carbocycles. The van der Waals surface area contributed by atoms with E-state index >= 15 is 0 Å². The molecule has 1 N–H and O–H groups in total. The summed E-state index contributed by atoms with van der Waals surface area (Å²) in [5.41, 5.74) is 0.889. The highest BCUT2D eigenvalue weighted by molar-refractivity contribution is 9.10. The topological polar surface area (TPSA) is 51.3 Å². The number of halogens is 1. The number of thiazole rings is 1. The summed E-state index contributed by atoms with van der Waals surface area (Å²) in [6.07, 6.45) is 3.33. The molecular weight excluding hydrogens is 386 g/mol. The molecule has 0 unspecified atom stereocenters. The minimum atomic E-state index is -0.401. The van der Waals surface area contributed by atoms with Gasteiger partial charge in [-0.15, -0.1) is 11.3 Å². The van der Waals surface area contributed by atoms with Crippen LogP contribution in [0.2, 0.25) is 0 Å². The Hall–Kier alpha value is -1.44. The second-order valence-corrected chi connectivity index (χ2v) is 6.85. The van der Waals surface area contributed by atoms with Gasteiger partial charge in [-0.05, 0) is 43.4 Å². The van der Waals surface area contributed by atoms with E-state index in [9.17, 15) is 4.79 Å². The molecule has 0 amide bonds. The number of hydrogen-bond acceptors (Lipinski definition) is 5. The van der Waals surface area contributed by atoms with Crippen molar-refractivity contribution < 1.29 is 14.3 Å². The van der Waals surface area contributed by atoms with Crippen molar-refractivity contribution >= 4 is 57.6 Å². The van der Waals surface area contributed by atoms with Gasteiger partial charge >= 0.3 is 5.97 Å². The SMILES string of the molecule is CCOC(=O)/C=c1\[nH]c(=S)s\c1=C/c1cc(Br)ccc1OC. The van der Waals surface area contributed by atoms with Gasteiger partial charge in [-0.25, -0.2) is 4.79 Å². The number of benzene rings is 1. The summed E-state index contributed by atoms with van der Waals surface area (Å²) < 4.78 is 12.7. The molecular formula is C15H14BrNO3S2. The van der Waals surface area contributed by atoms with Crippen LogP contribution in [0.5, 0.6) is 5.75 Å². The van der Waals surface area contributed by atoms with E-state index in [1.54, 1.807) is 14.0 Å². The number of hydrogen-bond donors (Lipinski definition) is 1. The van der Waals surface area contributed by atoms with Crippen LogP contribution >= 0.6 is 39.5 Å². The third kappa shape index (κ3) is 4.28. The number of ether oxygens (including phenoxy) is 2. The highest BCUT2D eigenvalue weighted by atomic mass is 79.9. The number of H-pyrrole nitrogens is 1. The predicted octanol–water partition coefficient (Wildman–Crippen LogP) is 2.75. The molecule has 1 aromatic heterocycles. The average Bonchev–Trinajstić information content (AvgIpc) is 2.79. The largest absolute Gasteiger partial charge is 0.496 e. The van der Waals surface area contributed by atoms with E-state index in [0.29, 0.717) is 15.9 Å². The molecule has 7 heteroatoms. The molecule has 0 aliphatic rings. The van der Waals surface area contributed by atoms with E-state index in [2.05, 4.69) is 20.9 Å². The minimum Gasteiger partial charge on any atom is -0.496 e. The first-order valence-corrected chi connectivity index (χ1v) is 8.48. The monoisotopic (exact) mass is 399 g/mol. The summed E-state index contributed by atoms with van der Waals surface area (Å²) in [5.74, 6) is 0.340. The van der Waals surface area contributed by atoms with Gasteiger partial charge in [0, 0.05) is 16.1 Å². The third-order valence-electron chi connectivity index (χ3n) is 2.73. The maximum absolute atomic E-state index is 11.6. The molecule has 116 valence electrons. The maximum atomic E-state index is 11.6. The van der Waals surface area contributed by atoms with E-state index in [1.807, 2.05) is 24.3 Å². The van der Waals surface area contributed by atoms with Crippen molar-refractivity contribution in [2.75, 3.05) is 13.7 Å². The Morgan fingerprint density at radius 3 is 2.95 bits per heavy atom. The van der Waals surface area contributed by atoms with Crippen LogP contribution in [0.15, 0.2) is 22.7 Å². The molecule has 0 radical (unpaired) electrons. The van der Waals surface area contributed by atoms with E-state index in [4.69, 9.17) is 21.7 Å². The zero-order chi connectivity index (χ0) is 16.1. The first-order valence-electron chi connectivity index (χ1n) is 6.46. The molecule has 1 heterocycles.